The Morgan fingerprint density at radius 3 is 2.83 bits per heavy atom. The number of aliphatic hydroxyl groups is 1. The van der Waals surface area contributed by atoms with E-state index in [0.717, 1.165) is 46.1 Å². The fourth-order valence-electron chi connectivity index (χ4n) is 3.50. The van der Waals surface area contributed by atoms with Gasteiger partial charge in [-0.05, 0) is 36.8 Å². The van der Waals surface area contributed by atoms with E-state index in [1.807, 2.05) is 43.3 Å². The highest BCUT2D eigenvalue weighted by Crippen LogP contribution is 2.44. The number of anilines is 2. The van der Waals surface area contributed by atoms with Crippen molar-refractivity contribution in [3.8, 4) is 28.5 Å². The van der Waals surface area contributed by atoms with Crippen molar-refractivity contribution in [3.63, 3.8) is 0 Å². The summed E-state index contributed by atoms with van der Waals surface area (Å²) in [5.74, 6) is 3.00. The number of ether oxygens (including phenoxy) is 3. The zero-order chi connectivity index (χ0) is 20.2. The number of nitrogens with zero attached hydrogens (tertiary/aromatic N) is 1. The van der Waals surface area contributed by atoms with Gasteiger partial charge in [-0.15, -0.1) is 0 Å². The molecule has 0 saturated heterocycles. The molecule has 4 rings (SSSR count). The molecule has 7 heteroatoms. The van der Waals surface area contributed by atoms with Gasteiger partial charge in [-0.3, -0.25) is 5.10 Å². The molecule has 0 saturated carbocycles. The van der Waals surface area contributed by atoms with Crippen molar-refractivity contribution in [3.05, 3.63) is 47.5 Å². The first-order valence-electron chi connectivity index (χ1n) is 9.75. The Labute approximate surface area is 169 Å². The van der Waals surface area contributed by atoms with Crippen molar-refractivity contribution in [1.82, 2.24) is 10.2 Å². The van der Waals surface area contributed by atoms with Crippen LogP contribution in [0, 0.1) is 0 Å². The van der Waals surface area contributed by atoms with E-state index >= 15 is 0 Å². The highest BCUT2D eigenvalue weighted by atomic mass is 16.5. The number of hydrogen-bond acceptors (Lipinski definition) is 6. The van der Waals surface area contributed by atoms with E-state index < -0.39 is 0 Å². The highest BCUT2D eigenvalue weighted by molar-refractivity contribution is 5.81. The summed E-state index contributed by atoms with van der Waals surface area (Å²) in [7, 11) is 1.65. The minimum atomic E-state index is 0.102. The lowest BCUT2D eigenvalue weighted by atomic mass is 10.1. The van der Waals surface area contributed by atoms with Crippen molar-refractivity contribution in [1.29, 1.82) is 0 Å². The Bertz CT molecular complexity index is 1000. The number of aliphatic hydroxyl groups excluding tert-OH is 1. The molecule has 1 heterocycles. The van der Waals surface area contributed by atoms with Crippen LogP contribution in [0.15, 0.2) is 36.4 Å². The van der Waals surface area contributed by atoms with Crippen LogP contribution in [-0.2, 0) is 6.42 Å². The molecule has 7 nitrogen and oxygen atoms in total. The molecule has 1 aliphatic rings. The smallest absolute Gasteiger partial charge is 0.161 e. The Morgan fingerprint density at radius 2 is 2.03 bits per heavy atom. The van der Waals surface area contributed by atoms with E-state index in [1.165, 1.54) is 0 Å². The third-order valence-corrected chi connectivity index (χ3v) is 4.87. The number of benzene rings is 2. The molecule has 0 amide bonds. The lowest BCUT2D eigenvalue weighted by Crippen LogP contribution is -2.03. The first kappa shape index (κ1) is 19.1. The van der Waals surface area contributed by atoms with E-state index in [1.54, 1.807) is 7.11 Å². The van der Waals surface area contributed by atoms with Gasteiger partial charge < -0.3 is 24.6 Å². The number of methoxy groups -OCH3 is 1. The Hall–Kier alpha value is -3.19. The summed E-state index contributed by atoms with van der Waals surface area (Å²) < 4.78 is 16.9. The summed E-state index contributed by atoms with van der Waals surface area (Å²) in [4.78, 5) is 0. The number of aromatic amines is 1. The van der Waals surface area contributed by atoms with Crippen molar-refractivity contribution in [2.45, 2.75) is 19.8 Å². The summed E-state index contributed by atoms with van der Waals surface area (Å²) in [5.41, 5.74) is 5.25. The second kappa shape index (κ2) is 8.45. The molecule has 0 unspecified atom stereocenters. The largest absolute Gasteiger partial charge is 0.497 e. The predicted octanol–water partition coefficient (Wildman–Crippen LogP) is 3.89. The van der Waals surface area contributed by atoms with Gasteiger partial charge in [0.05, 0.1) is 26.0 Å². The van der Waals surface area contributed by atoms with Crippen LogP contribution in [0.2, 0.25) is 0 Å². The lowest BCUT2D eigenvalue weighted by Gasteiger charge is -2.14. The molecule has 3 aromatic rings. The number of hydrogen-bond donors (Lipinski definition) is 3. The minimum Gasteiger partial charge on any atom is -0.497 e. The monoisotopic (exact) mass is 395 g/mol. The van der Waals surface area contributed by atoms with Crippen molar-refractivity contribution in [2.75, 3.05) is 32.2 Å². The Kier molecular flexibility index (Phi) is 5.57. The van der Waals surface area contributed by atoms with Crippen LogP contribution in [0.4, 0.5) is 11.5 Å². The third kappa shape index (κ3) is 3.86. The topological polar surface area (TPSA) is 88.6 Å². The van der Waals surface area contributed by atoms with E-state index in [4.69, 9.17) is 19.3 Å². The number of rotatable bonds is 9. The average molecular weight is 395 g/mol. The summed E-state index contributed by atoms with van der Waals surface area (Å²) >= 11 is 0. The molecule has 29 heavy (non-hydrogen) atoms. The van der Waals surface area contributed by atoms with Crippen molar-refractivity contribution < 1.29 is 19.3 Å². The lowest BCUT2D eigenvalue weighted by molar-refractivity contribution is 0.225. The summed E-state index contributed by atoms with van der Waals surface area (Å²) in [6, 6.07) is 11.8. The second-order valence-corrected chi connectivity index (χ2v) is 6.77. The fourth-order valence-corrected chi connectivity index (χ4v) is 3.50. The maximum absolute atomic E-state index is 9.01. The van der Waals surface area contributed by atoms with Crippen molar-refractivity contribution >= 4 is 11.5 Å². The van der Waals surface area contributed by atoms with E-state index in [0.29, 0.717) is 31.1 Å². The van der Waals surface area contributed by atoms with Crippen LogP contribution < -0.4 is 19.5 Å². The van der Waals surface area contributed by atoms with E-state index in [9.17, 15) is 0 Å². The molecule has 2 aromatic carbocycles. The summed E-state index contributed by atoms with van der Waals surface area (Å²) in [5, 5.41) is 20.0. The van der Waals surface area contributed by atoms with Crippen LogP contribution in [0.1, 0.15) is 24.5 Å². The molecule has 0 aliphatic heterocycles. The van der Waals surface area contributed by atoms with Crippen molar-refractivity contribution in [2.24, 2.45) is 0 Å². The SMILES string of the molecule is CCOc1cc2c(cc1OCCCO)Cc1c(Nc3cccc(OC)c3)n[nH]c1-2. The third-order valence-electron chi connectivity index (χ3n) is 4.87. The van der Waals surface area contributed by atoms with Crippen LogP contribution in [0.3, 0.4) is 0 Å². The highest BCUT2D eigenvalue weighted by Gasteiger charge is 2.27. The number of aromatic nitrogens is 2. The molecule has 0 bridgehead atoms. The molecule has 152 valence electrons. The predicted molar refractivity (Wildman–Crippen MR) is 111 cm³/mol. The summed E-state index contributed by atoms with van der Waals surface area (Å²) in [6.45, 7) is 3.05. The van der Waals surface area contributed by atoms with Gasteiger partial charge in [0.25, 0.3) is 0 Å². The van der Waals surface area contributed by atoms with Gasteiger partial charge in [0, 0.05) is 42.3 Å². The van der Waals surface area contributed by atoms with E-state index in [2.05, 4.69) is 15.5 Å². The molecule has 0 spiro atoms. The molecule has 1 aliphatic carbocycles. The minimum absolute atomic E-state index is 0.102. The Balaban J connectivity index is 1.61. The van der Waals surface area contributed by atoms with Gasteiger partial charge in [0.2, 0.25) is 0 Å². The average Bonchev–Trinajstić information content (AvgIpc) is 3.28. The molecular formula is C22H25N3O4. The van der Waals surface area contributed by atoms with Crippen LogP contribution in [0.5, 0.6) is 17.2 Å². The standard InChI is InChI=1S/C22H25N3O4/c1-3-28-20-13-17-14(11-19(20)29-9-5-8-26)10-18-21(17)24-25-22(18)23-15-6-4-7-16(12-15)27-2/h4,6-7,11-13,26H,3,5,8-10H2,1-2H3,(H2,23,24,25). The van der Waals surface area contributed by atoms with Gasteiger partial charge >= 0.3 is 0 Å². The molecule has 1 aromatic heterocycles. The fraction of sp³-hybridized carbons (Fsp3) is 0.318. The van der Waals surface area contributed by atoms with Crippen LogP contribution in [-0.4, -0.2) is 42.2 Å². The van der Waals surface area contributed by atoms with Gasteiger partial charge in [0.15, 0.2) is 17.3 Å². The van der Waals surface area contributed by atoms with Gasteiger partial charge in [-0.2, -0.15) is 5.10 Å². The van der Waals surface area contributed by atoms with Crippen LogP contribution >= 0.6 is 0 Å². The molecule has 0 radical (unpaired) electrons. The first-order valence-corrected chi connectivity index (χ1v) is 9.75. The zero-order valence-electron chi connectivity index (χ0n) is 16.6. The van der Waals surface area contributed by atoms with Gasteiger partial charge in [-0.25, -0.2) is 0 Å². The number of fused-ring (bicyclic) bond motifs is 3. The number of H-pyrrole nitrogens is 1. The molecular weight excluding hydrogens is 370 g/mol. The quantitative estimate of drug-likeness (QED) is 0.373. The molecule has 0 atom stereocenters. The normalized spacial score (nSPS) is 11.7. The van der Waals surface area contributed by atoms with Gasteiger partial charge in [-0.1, -0.05) is 6.07 Å². The molecule has 3 N–H and O–H groups in total. The second-order valence-electron chi connectivity index (χ2n) is 6.77. The maximum atomic E-state index is 9.01. The number of nitrogens with one attached hydrogen (secondary N) is 2. The van der Waals surface area contributed by atoms with Gasteiger partial charge in [0.1, 0.15) is 5.75 Å². The Morgan fingerprint density at radius 1 is 1.17 bits per heavy atom. The van der Waals surface area contributed by atoms with E-state index in [-0.39, 0.29) is 6.61 Å². The first-order chi connectivity index (χ1) is 14.2. The molecule has 0 fully saturated rings. The summed E-state index contributed by atoms with van der Waals surface area (Å²) in [6.07, 6.45) is 1.33. The van der Waals surface area contributed by atoms with Crippen LogP contribution in [0.25, 0.3) is 11.3 Å². The maximum Gasteiger partial charge on any atom is 0.161 e. The zero-order valence-corrected chi connectivity index (χ0v) is 16.6.